The lowest BCUT2D eigenvalue weighted by molar-refractivity contribution is -0.115. The number of methoxy groups -OCH3 is 2. The van der Waals surface area contributed by atoms with Crippen molar-refractivity contribution in [3.05, 3.63) is 53.8 Å². The summed E-state index contributed by atoms with van der Waals surface area (Å²) in [6.07, 6.45) is 1.83. The molecule has 2 aromatic carbocycles. The molecule has 0 aliphatic heterocycles. The smallest absolute Gasteiger partial charge is 0.229 e. The van der Waals surface area contributed by atoms with E-state index in [0.717, 1.165) is 22.3 Å². The van der Waals surface area contributed by atoms with E-state index < -0.39 is 0 Å². The fourth-order valence-electron chi connectivity index (χ4n) is 2.61. The number of aryl methyl sites for hydroxylation is 1. The van der Waals surface area contributed by atoms with E-state index in [1.54, 1.807) is 26.5 Å². The molecule has 0 spiro atoms. The third kappa shape index (κ3) is 3.20. The van der Waals surface area contributed by atoms with Gasteiger partial charge < -0.3 is 19.2 Å². The minimum Gasteiger partial charge on any atom is -0.497 e. The molecule has 1 amide bonds. The molecule has 0 aliphatic rings. The minimum atomic E-state index is -0.127. The predicted molar refractivity (Wildman–Crippen MR) is 92.8 cm³/mol. The molecule has 0 atom stereocenters. The number of rotatable bonds is 5. The highest BCUT2D eigenvalue weighted by Crippen LogP contribution is 2.28. The Morgan fingerprint density at radius 2 is 1.96 bits per heavy atom. The summed E-state index contributed by atoms with van der Waals surface area (Å²) in [4.78, 5) is 12.4. The highest BCUT2D eigenvalue weighted by Gasteiger charge is 2.13. The van der Waals surface area contributed by atoms with Gasteiger partial charge in [0.2, 0.25) is 5.91 Å². The Morgan fingerprint density at radius 3 is 2.71 bits per heavy atom. The van der Waals surface area contributed by atoms with Gasteiger partial charge in [-0.05, 0) is 36.8 Å². The maximum atomic E-state index is 12.4. The number of hydrogen-bond acceptors (Lipinski definition) is 4. The van der Waals surface area contributed by atoms with Gasteiger partial charge >= 0.3 is 0 Å². The number of hydrogen-bond donors (Lipinski definition) is 1. The molecule has 1 aromatic heterocycles. The van der Waals surface area contributed by atoms with Crippen molar-refractivity contribution in [1.29, 1.82) is 0 Å². The second kappa shape index (κ2) is 6.66. The standard InChI is InChI=1S/C19H19NO4/c1-12-4-7-17(23-3)16(8-12)20-19(21)9-13-11-24-18-10-14(22-2)5-6-15(13)18/h4-8,10-11H,9H2,1-3H3,(H,20,21). The van der Waals surface area contributed by atoms with Crippen LogP contribution < -0.4 is 14.8 Å². The van der Waals surface area contributed by atoms with Crippen LogP contribution >= 0.6 is 0 Å². The Bertz CT molecular complexity index is 882. The Hall–Kier alpha value is -2.95. The van der Waals surface area contributed by atoms with Crippen LogP contribution in [0.3, 0.4) is 0 Å². The van der Waals surface area contributed by atoms with E-state index >= 15 is 0 Å². The molecule has 3 rings (SSSR count). The summed E-state index contributed by atoms with van der Waals surface area (Å²) in [5, 5.41) is 3.80. The van der Waals surface area contributed by atoms with Gasteiger partial charge in [0.15, 0.2) is 0 Å². The third-order valence-electron chi connectivity index (χ3n) is 3.84. The molecule has 0 saturated heterocycles. The van der Waals surface area contributed by atoms with Crippen LogP contribution in [0.4, 0.5) is 5.69 Å². The van der Waals surface area contributed by atoms with Crippen LogP contribution in [0.25, 0.3) is 11.0 Å². The zero-order chi connectivity index (χ0) is 17.1. The first-order valence-corrected chi connectivity index (χ1v) is 7.59. The number of nitrogens with one attached hydrogen (secondary N) is 1. The SMILES string of the molecule is COc1ccc2c(CC(=O)Nc3cc(C)ccc3OC)coc2c1. The van der Waals surface area contributed by atoms with Gasteiger partial charge in [0.25, 0.3) is 0 Å². The summed E-state index contributed by atoms with van der Waals surface area (Å²) in [6.45, 7) is 1.96. The number of carbonyl (C=O) groups is 1. The lowest BCUT2D eigenvalue weighted by Crippen LogP contribution is -2.15. The summed E-state index contributed by atoms with van der Waals surface area (Å²) in [5.74, 6) is 1.23. The van der Waals surface area contributed by atoms with Crippen molar-refractivity contribution >= 4 is 22.6 Å². The van der Waals surface area contributed by atoms with Gasteiger partial charge in [0, 0.05) is 17.0 Å². The fraction of sp³-hybridized carbons (Fsp3) is 0.211. The van der Waals surface area contributed by atoms with Gasteiger partial charge in [0.1, 0.15) is 17.1 Å². The maximum absolute atomic E-state index is 12.4. The van der Waals surface area contributed by atoms with Crippen molar-refractivity contribution in [3.8, 4) is 11.5 Å². The Kier molecular flexibility index (Phi) is 4.42. The number of anilines is 1. The first-order valence-electron chi connectivity index (χ1n) is 7.59. The normalized spacial score (nSPS) is 10.6. The van der Waals surface area contributed by atoms with E-state index in [2.05, 4.69) is 5.32 Å². The highest BCUT2D eigenvalue weighted by molar-refractivity contribution is 5.96. The highest BCUT2D eigenvalue weighted by atomic mass is 16.5. The molecule has 1 heterocycles. The van der Waals surface area contributed by atoms with E-state index in [-0.39, 0.29) is 12.3 Å². The largest absolute Gasteiger partial charge is 0.497 e. The van der Waals surface area contributed by atoms with E-state index in [9.17, 15) is 4.79 Å². The van der Waals surface area contributed by atoms with Crippen LogP contribution in [0.5, 0.6) is 11.5 Å². The lowest BCUT2D eigenvalue weighted by atomic mass is 10.1. The molecule has 1 N–H and O–H groups in total. The van der Waals surface area contributed by atoms with Crippen molar-refractivity contribution in [2.45, 2.75) is 13.3 Å². The molecular formula is C19H19NO4. The molecule has 0 fully saturated rings. The average molecular weight is 325 g/mol. The monoisotopic (exact) mass is 325 g/mol. The van der Waals surface area contributed by atoms with Gasteiger partial charge in [-0.3, -0.25) is 4.79 Å². The number of fused-ring (bicyclic) bond motifs is 1. The minimum absolute atomic E-state index is 0.127. The molecule has 3 aromatic rings. The first kappa shape index (κ1) is 15.9. The Morgan fingerprint density at radius 1 is 1.12 bits per heavy atom. The maximum Gasteiger partial charge on any atom is 0.229 e. The van der Waals surface area contributed by atoms with Crippen LogP contribution in [-0.2, 0) is 11.2 Å². The van der Waals surface area contributed by atoms with E-state index in [4.69, 9.17) is 13.9 Å². The van der Waals surface area contributed by atoms with Crippen LogP contribution in [0.2, 0.25) is 0 Å². The number of furan rings is 1. The molecule has 0 radical (unpaired) electrons. The van der Waals surface area contributed by atoms with E-state index in [0.29, 0.717) is 17.0 Å². The zero-order valence-corrected chi connectivity index (χ0v) is 13.9. The van der Waals surface area contributed by atoms with Crippen LogP contribution in [0.1, 0.15) is 11.1 Å². The third-order valence-corrected chi connectivity index (χ3v) is 3.84. The summed E-state index contributed by atoms with van der Waals surface area (Å²) in [7, 11) is 3.19. The first-order chi connectivity index (χ1) is 11.6. The van der Waals surface area contributed by atoms with Gasteiger partial charge in [-0.15, -0.1) is 0 Å². The van der Waals surface area contributed by atoms with Crippen molar-refractivity contribution in [2.24, 2.45) is 0 Å². The average Bonchev–Trinajstić information content (AvgIpc) is 2.97. The molecule has 24 heavy (non-hydrogen) atoms. The Labute approximate surface area is 140 Å². The Balaban J connectivity index is 1.79. The van der Waals surface area contributed by atoms with Crippen molar-refractivity contribution in [3.63, 3.8) is 0 Å². The quantitative estimate of drug-likeness (QED) is 0.772. The molecule has 5 nitrogen and oxygen atoms in total. The summed E-state index contributed by atoms with van der Waals surface area (Å²) in [6, 6.07) is 11.2. The van der Waals surface area contributed by atoms with Crippen molar-refractivity contribution in [1.82, 2.24) is 0 Å². The lowest BCUT2D eigenvalue weighted by Gasteiger charge is -2.10. The van der Waals surface area contributed by atoms with Crippen LogP contribution in [-0.4, -0.2) is 20.1 Å². The number of benzene rings is 2. The predicted octanol–water partition coefficient (Wildman–Crippen LogP) is 3.94. The molecule has 124 valence electrons. The summed E-state index contributed by atoms with van der Waals surface area (Å²) >= 11 is 0. The second-order valence-corrected chi connectivity index (χ2v) is 5.55. The van der Waals surface area contributed by atoms with Crippen molar-refractivity contribution < 1.29 is 18.7 Å². The van der Waals surface area contributed by atoms with Gasteiger partial charge in [-0.1, -0.05) is 6.07 Å². The van der Waals surface area contributed by atoms with Gasteiger partial charge in [-0.2, -0.15) is 0 Å². The number of amides is 1. The number of carbonyl (C=O) groups excluding carboxylic acids is 1. The van der Waals surface area contributed by atoms with Gasteiger partial charge in [0.05, 0.1) is 32.6 Å². The summed E-state index contributed by atoms with van der Waals surface area (Å²) < 4.78 is 16.0. The molecule has 0 unspecified atom stereocenters. The summed E-state index contributed by atoms with van der Waals surface area (Å²) in [5.41, 5.74) is 3.24. The van der Waals surface area contributed by atoms with Crippen LogP contribution in [0.15, 0.2) is 47.1 Å². The topological polar surface area (TPSA) is 60.7 Å². The van der Waals surface area contributed by atoms with Gasteiger partial charge in [-0.25, -0.2) is 0 Å². The molecule has 0 bridgehead atoms. The van der Waals surface area contributed by atoms with Crippen LogP contribution in [0, 0.1) is 6.92 Å². The fourth-order valence-corrected chi connectivity index (χ4v) is 2.61. The molecule has 0 saturated carbocycles. The molecular weight excluding hydrogens is 306 g/mol. The van der Waals surface area contributed by atoms with E-state index in [1.165, 1.54) is 0 Å². The second-order valence-electron chi connectivity index (χ2n) is 5.55. The van der Waals surface area contributed by atoms with E-state index in [1.807, 2.05) is 37.3 Å². The van der Waals surface area contributed by atoms with Crippen molar-refractivity contribution in [2.75, 3.05) is 19.5 Å². The number of ether oxygens (including phenoxy) is 2. The molecule has 0 aliphatic carbocycles. The molecule has 5 heteroatoms. The zero-order valence-electron chi connectivity index (χ0n) is 13.9.